The van der Waals surface area contributed by atoms with Crippen molar-refractivity contribution in [2.24, 2.45) is 0 Å². The molecular weight excluding hydrogens is 270 g/mol. The maximum atomic E-state index is 11.5. The summed E-state index contributed by atoms with van der Waals surface area (Å²) in [7, 11) is -3.13. The molecule has 2 rings (SSSR count). The quantitative estimate of drug-likeness (QED) is 0.800. The van der Waals surface area contributed by atoms with Crippen molar-refractivity contribution in [1.82, 2.24) is 14.5 Å². The van der Waals surface area contributed by atoms with Crippen LogP contribution < -0.4 is 0 Å². The van der Waals surface area contributed by atoms with Crippen LogP contribution in [0.5, 0.6) is 0 Å². The molecule has 5 nitrogen and oxygen atoms in total. The van der Waals surface area contributed by atoms with E-state index in [4.69, 9.17) is 0 Å². The molecule has 0 saturated heterocycles. The maximum absolute atomic E-state index is 11.5. The highest BCUT2D eigenvalue weighted by Crippen LogP contribution is 2.19. The molecule has 0 aliphatic carbocycles. The lowest BCUT2D eigenvalue weighted by molar-refractivity contribution is 0.393. The van der Waals surface area contributed by atoms with Crippen molar-refractivity contribution in [2.75, 3.05) is 11.2 Å². The zero-order chi connectivity index (χ0) is 10.2. The van der Waals surface area contributed by atoms with Crippen molar-refractivity contribution in [1.29, 1.82) is 0 Å². The topological polar surface area (TPSA) is 66.1 Å². The Bertz CT molecular complexity index is 428. The Labute approximate surface area is 90.7 Å². The molecule has 0 spiro atoms. The largest absolute Gasteiger partial charge is 0.282 e. The molecule has 0 radical (unpaired) electrons. The van der Waals surface area contributed by atoms with Gasteiger partial charge in [-0.25, -0.2) is 8.42 Å². The van der Waals surface area contributed by atoms with Gasteiger partial charge in [-0.1, -0.05) is 15.9 Å². The van der Waals surface area contributed by atoms with E-state index >= 15 is 0 Å². The van der Waals surface area contributed by atoms with Gasteiger partial charge in [0.25, 0.3) is 0 Å². The molecule has 0 unspecified atom stereocenters. The minimum absolute atomic E-state index is 0.0207. The van der Waals surface area contributed by atoms with E-state index in [-0.39, 0.29) is 4.66 Å². The summed E-state index contributed by atoms with van der Waals surface area (Å²) >= 11 is 2.98. The average molecular weight is 280 g/mol. The number of nitrogens with one attached hydrogen (secondary N) is 1. The van der Waals surface area contributed by atoms with E-state index in [1.54, 1.807) is 6.20 Å². The third-order valence-electron chi connectivity index (χ3n) is 2.30. The third kappa shape index (κ3) is 1.71. The van der Waals surface area contributed by atoms with E-state index < -0.39 is 10.0 Å². The first kappa shape index (κ1) is 10.1. The van der Waals surface area contributed by atoms with Gasteiger partial charge >= 0.3 is 0 Å². The van der Waals surface area contributed by atoms with Crippen LogP contribution in [0.25, 0.3) is 0 Å². The number of alkyl halides is 1. The van der Waals surface area contributed by atoms with Crippen LogP contribution in [0.3, 0.4) is 0 Å². The molecule has 1 aromatic rings. The monoisotopic (exact) mass is 279 g/mol. The van der Waals surface area contributed by atoms with Crippen LogP contribution in [0.15, 0.2) is 6.20 Å². The number of H-pyrrole nitrogens is 1. The Kier molecular flexibility index (Phi) is 2.63. The van der Waals surface area contributed by atoms with Gasteiger partial charge in [0, 0.05) is 30.8 Å². The first-order valence-corrected chi connectivity index (χ1v) is 6.91. The molecule has 0 fully saturated rings. The summed E-state index contributed by atoms with van der Waals surface area (Å²) in [6.07, 6.45) is 2.40. The minimum atomic E-state index is -3.13. The summed E-state index contributed by atoms with van der Waals surface area (Å²) in [6, 6.07) is 0. The van der Waals surface area contributed by atoms with Gasteiger partial charge in [-0.15, -0.1) is 0 Å². The van der Waals surface area contributed by atoms with Crippen molar-refractivity contribution >= 4 is 26.0 Å². The second-order valence-electron chi connectivity index (χ2n) is 3.18. The molecule has 1 aliphatic rings. The van der Waals surface area contributed by atoms with E-state index in [2.05, 4.69) is 26.1 Å². The number of rotatable bonds is 2. The van der Waals surface area contributed by atoms with Gasteiger partial charge in [-0.3, -0.25) is 5.10 Å². The number of hydrogen-bond acceptors (Lipinski definition) is 3. The van der Waals surface area contributed by atoms with Gasteiger partial charge < -0.3 is 0 Å². The highest BCUT2D eigenvalue weighted by molar-refractivity contribution is 9.10. The predicted octanol–water partition coefficient (Wildman–Crippen LogP) is 0.450. The Morgan fingerprint density at radius 2 is 2.43 bits per heavy atom. The highest BCUT2D eigenvalue weighted by atomic mass is 79.9. The normalized spacial score (nSPS) is 18.1. The molecule has 0 saturated carbocycles. The van der Waals surface area contributed by atoms with Crippen LogP contribution in [0, 0.1) is 0 Å². The Balaban J connectivity index is 2.23. The average Bonchev–Trinajstić information content (AvgIpc) is 2.64. The van der Waals surface area contributed by atoms with Crippen molar-refractivity contribution in [3.8, 4) is 0 Å². The lowest BCUT2D eigenvalue weighted by atomic mass is 10.1. The standard InChI is InChI=1S/C7H10BrN3O2S/c8-5-14(12,13)11-2-1-7-6(4-11)3-9-10-7/h3H,1-2,4-5H2,(H,9,10). The molecule has 1 aromatic heterocycles. The van der Waals surface area contributed by atoms with Crippen LogP contribution in [0.4, 0.5) is 0 Å². The summed E-state index contributed by atoms with van der Waals surface area (Å²) in [5, 5.41) is 6.75. The smallest absolute Gasteiger partial charge is 0.224 e. The summed E-state index contributed by atoms with van der Waals surface area (Å²) < 4.78 is 24.5. The van der Waals surface area contributed by atoms with Crippen LogP contribution >= 0.6 is 15.9 Å². The molecule has 0 amide bonds. The minimum Gasteiger partial charge on any atom is -0.282 e. The SMILES string of the molecule is O=S(=O)(CBr)N1CCc2[nH]ncc2C1. The van der Waals surface area contributed by atoms with E-state index in [0.29, 0.717) is 19.5 Å². The second kappa shape index (κ2) is 3.63. The number of halogens is 1. The molecular formula is C7H10BrN3O2S. The van der Waals surface area contributed by atoms with Gasteiger partial charge in [0.05, 0.1) is 6.20 Å². The number of aromatic amines is 1. The summed E-state index contributed by atoms with van der Waals surface area (Å²) in [4.78, 5) is 0. The van der Waals surface area contributed by atoms with Crippen LogP contribution in [0.2, 0.25) is 0 Å². The Hall–Kier alpha value is -0.400. The Morgan fingerprint density at radius 3 is 3.14 bits per heavy atom. The number of fused-ring (bicyclic) bond motifs is 1. The molecule has 0 bridgehead atoms. The van der Waals surface area contributed by atoms with Crippen molar-refractivity contribution in [2.45, 2.75) is 13.0 Å². The van der Waals surface area contributed by atoms with Crippen LogP contribution in [-0.4, -0.2) is 34.1 Å². The number of aromatic nitrogens is 2. The van der Waals surface area contributed by atoms with Crippen molar-refractivity contribution in [3.05, 3.63) is 17.5 Å². The van der Waals surface area contributed by atoms with Crippen LogP contribution in [0.1, 0.15) is 11.3 Å². The van der Waals surface area contributed by atoms with E-state index in [1.807, 2.05) is 0 Å². The molecule has 78 valence electrons. The molecule has 1 aliphatic heterocycles. The lowest BCUT2D eigenvalue weighted by Crippen LogP contribution is -2.36. The fourth-order valence-corrected chi connectivity index (χ4v) is 3.21. The molecule has 2 heterocycles. The van der Waals surface area contributed by atoms with Crippen molar-refractivity contribution < 1.29 is 8.42 Å². The molecule has 1 N–H and O–H groups in total. The van der Waals surface area contributed by atoms with Gasteiger partial charge in [0.1, 0.15) is 4.66 Å². The fraction of sp³-hybridized carbons (Fsp3) is 0.571. The fourth-order valence-electron chi connectivity index (χ4n) is 1.50. The van der Waals surface area contributed by atoms with Gasteiger partial charge in [0.2, 0.25) is 10.0 Å². The summed E-state index contributed by atoms with van der Waals surface area (Å²) in [6.45, 7) is 0.961. The van der Waals surface area contributed by atoms with E-state index in [1.165, 1.54) is 4.31 Å². The molecule has 0 aromatic carbocycles. The first-order chi connectivity index (χ1) is 6.63. The number of sulfonamides is 1. The second-order valence-corrected chi connectivity index (χ2v) is 6.45. The van der Waals surface area contributed by atoms with Crippen molar-refractivity contribution in [3.63, 3.8) is 0 Å². The van der Waals surface area contributed by atoms with Crippen LogP contribution in [-0.2, 0) is 23.0 Å². The zero-order valence-corrected chi connectivity index (χ0v) is 9.81. The van der Waals surface area contributed by atoms with Gasteiger partial charge in [-0.2, -0.15) is 9.40 Å². The number of nitrogens with zero attached hydrogens (tertiary/aromatic N) is 2. The maximum Gasteiger partial charge on any atom is 0.224 e. The predicted molar refractivity (Wildman–Crippen MR) is 55.4 cm³/mol. The number of hydrogen-bond donors (Lipinski definition) is 1. The van der Waals surface area contributed by atoms with Gasteiger partial charge in [-0.05, 0) is 0 Å². The lowest BCUT2D eigenvalue weighted by Gasteiger charge is -2.24. The highest BCUT2D eigenvalue weighted by Gasteiger charge is 2.26. The van der Waals surface area contributed by atoms with Gasteiger partial charge in [0.15, 0.2) is 0 Å². The van der Waals surface area contributed by atoms with E-state index in [9.17, 15) is 8.42 Å². The summed E-state index contributed by atoms with van der Waals surface area (Å²) in [5.74, 6) is 0. The third-order valence-corrected chi connectivity index (χ3v) is 5.41. The zero-order valence-electron chi connectivity index (χ0n) is 7.40. The summed E-state index contributed by atoms with van der Waals surface area (Å²) in [5.41, 5.74) is 2.02. The molecule has 0 atom stereocenters. The molecule has 7 heteroatoms. The first-order valence-electron chi connectivity index (χ1n) is 4.18. The molecule has 14 heavy (non-hydrogen) atoms. The van der Waals surface area contributed by atoms with E-state index in [0.717, 1.165) is 11.3 Å². The Morgan fingerprint density at radius 1 is 1.64 bits per heavy atom.